The molecule has 1 fully saturated rings. The summed E-state index contributed by atoms with van der Waals surface area (Å²) >= 11 is 0. The molecule has 2 aliphatic rings. The van der Waals surface area contributed by atoms with Crippen LogP contribution < -0.4 is 4.74 Å². The second-order valence-electron chi connectivity index (χ2n) is 6.17. The van der Waals surface area contributed by atoms with E-state index >= 15 is 0 Å². The summed E-state index contributed by atoms with van der Waals surface area (Å²) in [7, 11) is 0. The van der Waals surface area contributed by atoms with Gasteiger partial charge in [-0.2, -0.15) is 0 Å². The SMILES string of the molecule is O=C1CCC2c3ccc(OCc4ccc(F)cc4)cc3CCN12. The van der Waals surface area contributed by atoms with Gasteiger partial charge in [0.2, 0.25) is 5.91 Å². The molecule has 0 aromatic heterocycles. The standard InChI is InChI=1S/C19H18FNO2/c20-15-3-1-13(2-4-15)12-23-16-5-6-17-14(11-16)9-10-21-18(17)7-8-19(21)22/h1-6,11,18H,7-10,12H2. The van der Waals surface area contributed by atoms with Gasteiger partial charge in [-0.3, -0.25) is 4.79 Å². The minimum atomic E-state index is -0.238. The van der Waals surface area contributed by atoms with Crippen molar-refractivity contribution in [3.63, 3.8) is 0 Å². The van der Waals surface area contributed by atoms with Crippen LogP contribution in [0.2, 0.25) is 0 Å². The zero-order valence-electron chi connectivity index (χ0n) is 12.8. The van der Waals surface area contributed by atoms with Crippen molar-refractivity contribution in [2.75, 3.05) is 6.54 Å². The van der Waals surface area contributed by atoms with Gasteiger partial charge in [0.25, 0.3) is 0 Å². The Morgan fingerprint density at radius 2 is 1.96 bits per heavy atom. The van der Waals surface area contributed by atoms with E-state index in [1.807, 2.05) is 11.0 Å². The van der Waals surface area contributed by atoms with Gasteiger partial charge in [0.1, 0.15) is 18.2 Å². The fraction of sp³-hybridized carbons (Fsp3) is 0.316. The van der Waals surface area contributed by atoms with Crippen LogP contribution in [0.25, 0.3) is 0 Å². The lowest BCUT2D eigenvalue weighted by Gasteiger charge is -2.32. The summed E-state index contributed by atoms with van der Waals surface area (Å²) in [5.41, 5.74) is 3.48. The van der Waals surface area contributed by atoms with Crippen LogP contribution in [0.3, 0.4) is 0 Å². The third-order valence-corrected chi connectivity index (χ3v) is 4.74. The molecule has 0 spiro atoms. The minimum absolute atomic E-state index is 0.238. The Kier molecular flexibility index (Phi) is 3.52. The lowest BCUT2D eigenvalue weighted by Crippen LogP contribution is -2.34. The van der Waals surface area contributed by atoms with Crippen molar-refractivity contribution < 1.29 is 13.9 Å². The van der Waals surface area contributed by atoms with Crippen molar-refractivity contribution in [1.29, 1.82) is 0 Å². The van der Waals surface area contributed by atoms with Crippen LogP contribution in [0.4, 0.5) is 4.39 Å². The first-order valence-corrected chi connectivity index (χ1v) is 8.00. The second kappa shape index (κ2) is 5.69. The van der Waals surface area contributed by atoms with Gasteiger partial charge in [0.05, 0.1) is 6.04 Å². The number of hydrogen-bond acceptors (Lipinski definition) is 2. The lowest BCUT2D eigenvalue weighted by molar-refractivity contribution is -0.129. The molecule has 3 nitrogen and oxygen atoms in total. The first kappa shape index (κ1) is 14.2. The Morgan fingerprint density at radius 3 is 2.78 bits per heavy atom. The first-order valence-electron chi connectivity index (χ1n) is 8.00. The fourth-order valence-corrected chi connectivity index (χ4v) is 3.54. The van der Waals surface area contributed by atoms with E-state index < -0.39 is 0 Å². The van der Waals surface area contributed by atoms with Gasteiger partial charge >= 0.3 is 0 Å². The van der Waals surface area contributed by atoms with Crippen molar-refractivity contribution in [2.24, 2.45) is 0 Å². The molecule has 2 aromatic carbocycles. The smallest absolute Gasteiger partial charge is 0.223 e. The molecule has 0 aliphatic carbocycles. The molecule has 2 heterocycles. The predicted octanol–water partition coefficient (Wildman–Crippen LogP) is 3.62. The number of fused-ring (bicyclic) bond motifs is 3. The van der Waals surface area contributed by atoms with Crippen LogP contribution >= 0.6 is 0 Å². The average Bonchev–Trinajstić information content (AvgIpc) is 2.96. The summed E-state index contributed by atoms with van der Waals surface area (Å²) in [4.78, 5) is 13.8. The van der Waals surface area contributed by atoms with Gasteiger partial charge in [-0.15, -0.1) is 0 Å². The summed E-state index contributed by atoms with van der Waals surface area (Å²) in [5.74, 6) is 0.862. The highest BCUT2D eigenvalue weighted by atomic mass is 19.1. The van der Waals surface area contributed by atoms with E-state index in [-0.39, 0.29) is 17.8 Å². The summed E-state index contributed by atoms with van der Waals surface area (Å²) in [5, 5.41) is 0. The molecule has 2 aliphatic heterocycles. The van der Waals surface area contributed by atoms with E-state index in [2.05, 4.69) is 12.1 Å². The van der Waals surface area contributed by atoms with Crippen LogP contribution in [0.15, 0.2) is 42.5 Å². The predicted molar refractivity (Wildman–Crippen MR) is 84.6 cm³/mol. The maximum absolute atomic E-state index is 12.9. The average molecular weight is 311 g/mol. The Bertz CT molecular complexity index is 742. The van der Waals surface area contributed by atoms with Gasteiger partial charge in [0.15, 0.2) is 0 Å². The van der Waals surface area contributed by atoms with Gasteiger partial charge in [-0.25, -0.2) is 4.39 Å². The van der Waals surface area contributed by atoms with Crippen LogP contribution in [-0.4, -0.2) is 17.4 Å². The highest BCUT2D eigenvalue weighted by Gasteiger charge is 2.35. The molecule has 4 rings (SSSR count). The van der Waals surface area contributed by atoms with Gasteiger partial charge in [-0.05, 0) is 53.8 Å². The molecule has 1 unspecified atom stereocenters. The summed E-state index contributed by atoms with van der Waals surface area (Å²) in [6, 6.07) is 12.7. The van der Waals surface area contributed by atoms with Crippen LogP contribution in [0.1, 0.15) is 35.6 Å². The molecule has 23 heavy (non-hydrogen) atoms. The van der Waals surface area contributed by atoms with E-state index in [9.17, 15) is 9.18 Å². The van der Waals surface area contributed by atoms with E-state index in [4.69, 9.17) is 4.74 Å². The van der Waals surface area contributed by atoms with E-state index in [0.717, 1.165) is 30.7 Å². The number of carbonyl (C=O) groups excluding carboxylic acids is 1. The Labute approximate surface area is 134 Å². The molecule has 2 aromatic rings. The quantitative estimate of drug-likeness (QED) is 0.866. The van der Waals surface area contributed by atoms with E-state index in [1.54, 1.807) is 12.1 Å². The van der Waals surface area contributed by atoms with Crippen LogP contribution in [-0.2, 0) is 17.8 Å². The summed E-state index contributed by atoms with van der Waals surface area (Å²) in [6.45, 7) is 1.23. The molecule has 0 N–H and O–H groups in total. The second-order valence-corrected chi connectivity index (χ2v) is 6.17. The Hall–Kier alpha value is -2.36. The maximum atomic E-state index is 12.9. The number of ether oxygens (including phenoxy) is 1. The van der Waals surface area contributed by atoms with Crippen molar-refractivity contribution in [1.82, 2.24) is 4.90 Å². The van der Waals surface area contributed by atoms with E-state index in [1.165, 1.54) is 23.3 Å². The zero-order chi connectivity index (χ0) is 15.8. The number of carbonyl (C=O) groups is 1. The summed E-state index contributed by atoms with van der Waals surface area (Å²) < 4.78 is 18.7. The van der Waals surface area contributed by atoms with Crippen LogP contribution in [0.5, 0.6) is 5.75 Å². The Balaban J connectivity index is 1.49. The highest BCUT2D eigenvalue weighted by molar-refractivity contribution is 5.79. The van der Waals surface area contributed by atoms with Gasteiger partial charge < -0.3 is 9.64 Å². The fourth-order valence-electron chi connectivity index (χ4n) is 3.54. The van der Waals surface area contributed by atoms with Gasteiger partial charge in [-0.1, -0.05) is 18.2 Å². The molecule has 0 bridgehead atoms. The number of benzene rings is 2. The molecule has 0 saturated carbocycles. The van der Waals surface area contributed by atoms with Crippen molar-refractivity contribution in [3.05, 3.63) is 65.0 Å². The number of halogens is 1. The molecule has 1 saturated heterocycles. The molecule has 0 radical (unpaired) electrons. The van der Waals surface area contributed by atoms with E-state index in [0.29, 0.717) is 13.0 Å². The molecule has 4 heteroatoms. The number of rotatable bonds is 3. The van der Waals surface area contributed by atoms with Crippen molar-refractivity contribution >= 4 is 5.91 Å². The van der Waals surface area contributed by atoms with Crippen LogP contribution in [0, 0.1) is 5.82 Å². The largest absolute Gasteiger partial charge is 0.489 e. The third-order valence-electron chi connectivity index (χ3n) is 4.74. The number of nitrogens with zero attached hydrogens (tertiary/aromatic N) is 1. The van der Waals surface area contributed by atoms with Crippen molar-refractivity contribution in [2.45, 2.75) is 31.9 Å². The molecule has 118 valence electrons. The number of amides is 1. The topological polar surface area (TPSA) is 29.5 Å². The number of hydrogen-bond donors (Lipinski definition) is 0. The lowest BCUT2D eigenvalue weighted by atomic mass is 9.92. The van der Waals surface area contributed by atoms with Gasteiger partial charge in [0, 0.05) is 13.0 Å². The maximum Gasteiger partial charge on any atom is 0.223 e. The third kappa shape index (κ3) is 2.69. The molecular weight excluding hydrogens is 293 g/mol. The molecular formula is C19H18FNO2. The highest BCUT2D eigenvalue weighted by Crippen LogP contribution is 2.39. The monoisotopic (exact) mass is 311 g/mol. The molecule has 1 atom stereocenters. The summed E-state index contributed by atoms with van der Waals surface area (Å²) in [6.07, 6.45) is 2.46. The van der Waals surface area contributed by atoms with Crippen molar-refractivity contribution in [3.8, 4) is 5.75 Å². The zero-order valence-corrected chi connectivity index (χ0v) is 12.8. The normalized spacial score (nSPS) is 19.4. The minimum Gasteiger partial charge on any atom is -0.489 e. The Morgan fingerprint density at radius 1 is 1.13 bits per heavy atom. The first-order chi connectivity index (χ1) is 11.2. The molecule has 1 amide bonds.